The van der Waals surface area contributed by atoms with Gasteiger partial charge in [0.05, 0.1) is 40.0 Å². The predicted octanol–water partition coefficient (Wildman–Crippen LogP) is 5.51. The Morgan fingerprint density at radius 3 is 2.59 bits per heavy atom. The highest BCUT2D eigenvalue weighted by molar-refractivity contribution is 6.42. The molecule has 0 spiro atoms. The zero-order chi connectivity index (χ0) is 19.9. The third-order valence-corrected chi connectivity index (χ3v) is 5.30. The summed E-state index contributed by atoms with van der Waals surface area (Å²) < 4.78 is 6.89. The maximum absolute atomic E-state index is 13.3. The van der Waals surface area contributed by atoms with Gasteiger partial charge in [0.15, 0.2) is 0 Å². The summed E-state index contributed by atoms with van der Waals surface area (Å²) in [6.45, 7) is 5.70. The molecule has 0 N–H and O–H groups in total. The molecule has 27 heavy (non-hydrogen) atoms. The summed E-state index contributed by atoms with van der Waals surface area (Å²) in [5, 5.41) is 10.5. The molecule has 1 heterocycles. The Labute approximate surface area is 167 Å². The second kappa shape index (κ2) is 7.11. The van der Waals surface area contributed by atoms with Crippen LogP contribution in [0, 0.1) is 18.3 Å². The molecule has 0 saturated carbocycles. The molecule has 3 aromatic rings. The van der Waals surface area contributed by atoms with Crippen molar-refractivity contribution in [3.8, 4) is 6.07 Å². The first-order chi connectivity index (χ1) is 12.8. The van der Waals surface area contributed by atoms with Crippen molar-refractivity contribution in [1.82, 2.24) is 4.57 Å². The second-order valence-corrected chi connectivity index (χ2v) is 6.95. The lowest BCUT2D eigenvalue weighted by atomic mass is 10.0. The normalized spacial score (nSPS) is 10.7. The number of fused-ring (bicyclic) bond motifs is 1. The van der Waals surface area contributed by atoms with Crippen molar-refractivity contribution in [2.24, 2.45) is 7.05 Å². The van der Waals surface area contributed by atoms with Crippen LogP contribution in [-0.2, 0) is 11.8 Å². The summed E-state index contributed by atoms with van der Waals surface area (Å²) in [5.74, 6) is 0.0321. The molecule has 6 heteroatoms. The highest BCUT2D eigenvalue weighted by Gasteiger charge is 2.24. The van der Waals surface area contributed by atoms with E-state index in [1.54, 1.807) is 41.9 Å². The first kappa shape index (κ1) is 19.0. The van der Waals surface area contributed by atoms with Crippen molar-refractivity contribution >= 4 is 45.6 Å². The molecule has 4 nitrogen and oxygen atoms in total. The molecule has 136 valence electrons. The van der Waals surface area contributed by atoms with Gasteiger partial charge in [-0.15, -0.1) is 0 Å². The van der Waals surface area contributed by atoms with Crippen LogP contribution in [0.4, 0.5) is 0 Å². The van der Waals surface area contributed by atoms with Gasteiger partial charge in [-0.1, -0.05) is 29.8 Å². The van der Waals surface area contributed by atoms with Crippen LogP contribution in [0.5, 0.6) is 0 Å². The van der Waals surface area contributed by atoms with Crippen LogP contribution in [0.25, 0.3) is 16.7 Å². The molecule has 0 saturated heterocycles. The van der Waals surface area contributed by atoms with E-state index in [0.29, 0.717) is 22.6 Å². The van der Waals surface area contributed by atoms with Gasteiger partial charge < -0.3 is 9.30 Å². The van der Waals surface area contributed by atoms with Gasteiger partial charge in [-0.25, -0.2) is 0 Å². The number of carbonyl (C=O) groups is 1. The van der Waals surface area contributed by atoms with Crippen molar-refractivity contribution in [2.75, 3.05) is 7.11 Å². The minimum Gasteiger partial charge on any atom is -0.497 e. The van der Waals surface area contributed by atoms with E-state index in [2.05, 4.69) is 12.6 Å². The summed E-state index contributed by atoms with van der Waals surface area (Å²) >= 11 is 12.8. The monoisotopic (exact) mass is 398 g/mol. The lowest BCUT2D eigenvalue weighted by Crippen LogP contribution is -2.09. The third kappa shape index (κ3) is 3.10. The molecule has 1 aromatic heterocycles. The molecule has 0 fully saturated rings. The fourth-order valence-corrected chi connectivity index (χ4v) is 3.75. The number of benzene rings is 2. The lowest BCUT2D eigenvalue weighted by molar-refractivity contribution is 0.103. The fourth-order valence-electron chi connectivity index (χ4n) is 3.10. The molecule has 0 radical (unpaired) electrons. The molecule has 0 aliphatic heterocycles. The summed E-state index contributed by atoms with van der Waals surface area (Å²) in [4.78, 5) is 13.3. The number of aryl methyl sites for hydroxylation is 2. The smallest absolute Gasteiger partial charge is 0.212 e. The quantitative estimate of drug-likeness (QED) is 0.429. The molecule has 0 aliphatic rings. The molecule has 0 bridgehead atoms. The SMILES string of the molecule is C=C(OC)c1ccc(Cl)c(C(=O)c2cc3c(C)cc(C#N)cc3n2C)c1Cl. The average molecular weight is 399 g/mol. The van der Waals surface area contributed by atoms with Gasteiger partial charge in [-0.05, 0) is 42.8 Å². The number of methoxy groups -OCH3 is 1. The number of aromatic nitrogens is 1. The van der Waals surface area contributed by atoms with E-state index in [1.165, 1.54) is 7.11 Å². The average Bonchev–Trinajstić information content (AvgIpc) is 2.98. The number of nitriles is 1. The summed E-state index contributed by atoms with van der Waals surface area (Å²) in [5.41, 5.74) is 3.37. The van der Waals surface area contributed by atoms with Crippen LogP contribution in [0.1, 0.15) is 32.7 Å². The minimum absolute atomic E-state index is 0.193. The molecule has 0 unspecified atom stereocenters. The first-order valence-corrected chi connectivity index (χ1v) is 8.81. The number of carbonyl (C=O) groups excluding carboxylic acids is 1. The predicted molar refractivity (Wildman–Crippen MR) is 108 cm³/mol. The Morgan fingerprint density at radius 2 is 1.96 bits per heavy atom. The standard InChI is InChI=1S/C21H16Cl2N2O2/c1-11-7-13(10-24)8-17-15(11)9-18(25(17)3)21(26)19-16(22)6-5-14(20(19)23)12(2)27-4/h5-9H,2H2,1,3-4H3. The van der Waals surface area contributed by atoms with Crippen LogP contribution >= 0.6 is 23.2 Å². The van der Waals surface area contributed by atoms with Crippen molar-refractivity contribution in [3.05, 3.63) is 74.9 Å². The zero-order valence-corrected chi connectivity index (χ0v) is 16.6. The number of nitrogens with zero attached hydrogens (tertiary/aromatic N) is 2. The highest BCUT2D eigenvalue weighted by Crippen LogP contribution is 2.35. The Bertz CT molecular complexity index is 1150. The van der Waals surface area contributed by atoms with E-state index >= 15 is 0 Å². The van der Waals surface area contributed by atoms with Gasteiger partial charge >= 0.3 is 0 Å². The number of hydrogen-bond donors (Lipinski definition) is 0. The molecule has 3 rings (SSSR count). The maximum Gasteiger partial charge on any atom is 0.212 e. The van der Waals surface area contributed by atoms with Gasteiger partial charge in [0.25, 0.3) is 0 Å². The van der Waals surface area contributed by atoms with Crippen LogP contribution in [0.15, 0.2) is 36.9 Å². The van der Waals surface area contributed by atoms with Crippen LogP contribution in [0.3, 0.4) is 0 Å². The van der Waals surface area contributed by atoms with Gasteiger partial charge in [0, 0.05) is 23.5 Å². The molecule has 0 aliphatic carbocycles. The Kier molecular flexibility index (Phi) is 5.01. The van der Waals surface area contributed by atoms with Crippen molar-refractivity contribution in [2.45, 2.75) is 6.92 Å². The number of hydrogen-bond acceptors (Lipinski definition) is 3. The molecular formula is C21H16Cl2N2O2. The Morgan fingerprint density at radius 1 is 1.26 bits per heavy atom. The van der Waals surface area contributed by atoms with Gasteiger partial charge in [0.1, 0.15) is 5.76 Å². The molecule has 0 atom stereocenters. The Balaban J connectivity index is 2.23. The minimum atomic E-state index is -0.313. The van der Waals surface area contributed by atoms with Crippen LogP contribution in [0.2, 0.25) is 10.0 Å². The van der Waals surface area contributed by atoms with E-state index < -0.39 is 0 Å². The van der Waals surface area contributed by atoms with E-state index in [0.717, 1.165) is 16.5 Å². The number of ether oxygens (including phenoxy) is 1. The van der Waals surface area contributed by atoms with Crippen molar-refractivity contribution in [3.63, 3.8) is 0 Å². The highest BCUT2D eigenvalue weighted by atomic mass is 35.5. The van der Waals surface area contributed by atoms with Gasteiger partial charge in [-0.2, -0.15) is 5.26 Å². The molecular weight excluding hydrogens is 383 g/mol. The summed E-state index contributed by atoms with van der Waals surface area (Å²) in [7, 11) is 3.25. The second-order valence-electron chi connectivity index (χ2n) is 6.17. The third-order valence-electron chi connectivity index (χ3n) is 4.60. The number of ketones is 1. The van der Waals surface area contributed by atoms with E-state index in [9.17, 15) is 10.1 Å². The lowest BCUT2D eigenvalue weighted by Gasteiger charge is -2.12. The number of halogens is 2. The topological polar surface area (TPSA) is 55.0 Å². The van der Waals surface area contributed by atoms with E-state index in [1.807, 2.05) is 6.92 Å². The summed E-state index contributed by atoms with van der Waals surface area (Å²) in [6.07, 6.45) is 0. The van der Waals surface area contributed by atoms with E-state index in [-0.39, 0.29) is 21.4 Å². The zero-order valence-electron chi connectivity index (χ0n) is 15.1. The largest absolute Gasteiger partial charge is 0.497 e. The molecule has 2 aromatic carbocycles. The van der Waals surface area contributed by atoms with Crippen molar-refractivity contribution < 1.29 is 9.53 Å². The van der Waals surface area contributed by atoms with Gasteiger partial charge in [0.2, 0.25) is 5.78 Å². The maximum atomic E-state index is 13.3. The van der Waals surface area contributed by atoms with Crippen LogP contribution in [-0.4, -0.2) is 17.5 Å². The first-order valence-electron chi connectivity index (χ1n) is 8.06. The van der Waals surface area contributed by atoms with Crippen LogP contribution < -0.4 is 0 Å². The van der Waals surface area contributed by atoms with E-state index in [4.69, 9.17) is 27.9 Å². The van der Waals surface area contributed by atoms with Gasteiger partial charge in [-0.3, -0.25) is 4.79 Å². The molecule has 0 amide bonds. The summed E-state index contributed by atoms with van der Waals surface area (Å²) in [6, 6.07) is 10.7. The fraction of sp³-hybridized carbons (Fsp3) is 0.143. The number of rotatable bonds is 4. The van der Waals surface area contributed by atoms with Crippen molar-refractivity contribution in [1.29, 1.82) is 5.26 Å². The Hall–Kier alpha value is -2.74.